The summed E-state index contributed by atoms with van der Waals surface area (Å²) in [4.78, 5) is 16.6. The molecule has 0 unspecified atom stereocenters. The van der Waals surface area contributed by atoms with Crippen molar-refractivity contribution in [2.45, 2.75) is 31.7 Å². The van der Waals surface area contributed by atoms with Gasteiger partial charge in [-0.1, -0.05) is 24.3 Å². The lowest BCUT2D eigenvalue weighted by Gasteiger charge is -2.11. The van der Waals surface area contributed by atoms with Crippen molar-refractivity contribution in [3.8, 4) is 16.3 Å². The van der Waals surface area contributed by atoms with Gasteiger partial charge in [0.1, 0.15) is 23.1 Å². The zero-order chi connectivity index (χ0) is 20.4. The Morgan fingerprint density at radius 1 is 1.14 bits per heavy atom. The van der Waals surface area contributed by atoms with Crippen molar-refractivity contribution in [1.82, 2.24) is 10.3 Å². The second-order valence-corrected chi connectivity index (χ2v) is 7.62. The minimum Gasteiger partial charge on any atom is -0.488 e. The highest BCUT2D eigenvalue weighted by Crippen LogP contribution is 2.33. The number of hydrogen-bond acceptors (Lipinski definition) is 4. The minimum absolute atomic E-state index is 0.121. The van der Waals surface area contributed by atoms with Gasteiger partial charge in [-0.25, -0.2) is 4.98 Å². The van der Waals surface area contributed by atoms with Gasteiger partial charge in [0, 0.05) is 11.4 Å². The van der Waals surface area contributed by atoms with Crippen LogP contribution in [0, 0.1) is 0 Å². The number of hydrogen-bond donors (Lipinski definition) is 1. The Morgan fingerprint density at radius 3 is 2.55 bits per heavy atom. The molecule has 0 atom stereocenters. The van der Waals surface area contributed by atoms with Crippen molar-refractivity contribution in [3.05, 3.63) is 70.7 Å². The third kappa shape index (κ3) is 4.76. The van der Waals surface area contributed by atoms with Gasteiger partial charge in [0.2, 0.25) is 0 Å². The SMILES string of the molecule is O=C(NC1CC1)c1csc(-c2ccccc2OCc2ccc(C(F)(F)F)cc2)n1. The predicted octanol–water partition coefficient (Wildman–Crippen LogP) is 5.30. The first-order valence-electron chi connectivity index (χ1n) is 9.05. The number of thiazole rings is 1. The molecule has 2 aromatic carbocycles. The lowest BCUT2D eigenvalue weighted by molar-refractivity contribution is -0.137. The standard InChI is InChI=1S/C21H17F3N2O2S/c22-21(23,24)14-7-5-13(6-8-14)11-28-18-4-2-1-3-16(18)20-26-17(12-29-20)19(27)25-15-9-10-15/h1-8,12,15H,9-11H2,(H,25,27). The van der Waals surface area contributed by atoms with Gasteiger partial charge in [0.25, 0.3) is 5.91 Å². The van der Waals surface area contributed by atoms with Crippen molar-refractivity contribution < 1.29 is 22.7 Å². The Bertz CT molecular complexity index is 1010. The summed E-state index contributed by atoms with van der Waals surface area (Å²) in [7, 11) is 0. The number of alkyl halides is 3. The van der Waals surface area contributed by atoms with Gasteiger partial charge in [-0.15, -0.1) is 11.3 Å². The minimum atomic E-state index is -4.36. The molecule has 4 rings (SSSR count). The third-order valence-electron chi connectivity index (χ3n) is 4.44. The number of amides is 1. The molecular formula is C21H17F3N2O2S. The van der Waals surface area contributed by atoms with Crippen LogP contribution in [0.3, 0.4) is 0 Å². The molecule has 0 spiro atoms. The second-order valence-electron chi connectivity index (χ2n) is 6.77. The van der Waals surface area contributed by atoms with Crippen molar-refractivity contribution in [1.29, 1.82) is 0 Å². The number of para-hydroxylation sites is 1. The zero-order valence-corrected chi connectivity index (χ0v) is 16.0. The number of nitrogens with one attached hydrogen (secondary N) is 1. The van der Waals surface area contributed by atoms with Gasteiger partial charge < -0.3 is 10.1 Å². The maximum absolute atomic E-state index is 12.7. The molecule has 1 aromatic heterocycles. The zero-order valence-electron chi connectivity index (χ0n) is 15.2. The number of carbonyl (C=O) groups excluding carboxylic acids is 1. The Labute approximate surface area is 169 Å². The second kappa shape index (κ2) is 7.87. The number of rotatable bonds is 6. The fourth-order valence-corrected chi connectivity index (χ4v) is 3.54. The summed E-state index contributed by atoms with van der Waals surface area (Å²) >= 11 is 1.34. The summed E-state index contributed by atoms with van der Waals surface area (Å²) < 4.78 is 43.9. The van der Waals surface area contributed by atoms with Crippen LogP contribution in [0.15, 0.2) is 53.9 Å². The molecule has 1 amide bonds. The highest BCUT2D eigenvalue weighted by Gasteiger charge is 2.30. The van der Waals surface area contributed by atoms with Crippen LogP contribution in [-0.4, -0.2) is 16.9 Å². The van der Waals surface area contributed by atoms with E-state index in [2.05, 4.69) is 10.3 Å². The van der Waals surface area contributed by atoms with Crippen LogP contribution in [0.2, 0.25) is 0 Å². The molecule has 1 aliphatic rings. The molecule has 3 aromatic rings. The molecular weight excluding hydrogens is 401 g/mol. The molecule has 0 saturated heterocycles. The molecule has 8 heteroatoms. The van der Waals surface area contributed by atoms with Crippen LogP contribution in [0.5, 0.6) is 5.75 Å². The molecule has 0 bridgehead atoms. The maximum Gasteiger partial charge on any atom is 0.416 e. The van der Waals surface area contributed by atoms with E-state index in [1.165, 1.54) is 23.5 Å². The van der Waals surface area contributed by atoms with Gasteiger partial charge >= 0.3 is 6.18 Å². The van der Waals surface area contributed by atoms with E-state index in [-0.39, 0.29) is 18.6 Å². The fourth-order valence-electron chi connectivity index (χ4n) is 2.71. The van der Waals surface area contributed by atoms with Gasteiger partial charge in [-0.2, -0.15) is 13.2 Å². The van der Waals surface area contributed by atoms with Crippen LogP contribution >= 0.6 is 11.3 Å². The summed E-state index contributed by atoms with van der Waals surface area (Å²) in [6, 6.07) is 12.4. The molecule has 1 heterocycles. The van der Waals surface area contributed by atoms with Crippen LogP contribution < -0.4 is 10.1 Å². The summed E-state index contributed by atoms with van der Waals surface area (Å²) in [6.45, 7) is 0.121. The summed E-state index contributed by atoms with van der Waals surface area (Å²) in [5.41, 5.74) is 1.03. The van der Waals surface area contributed by atoms with E-state index in [1.54, 1.807) is 17.5 Å². The van der Waals surface area contributed by atoms with Crippen LogP contribution in [0.4, 0.5) is 13.2 Å². The highest BCUT2D eigenvalue weighted by atomic mass is 32.1. The van der Waals surface area contributed by atoms with Crippen LogP contribution in [0.1, 0.15) is 34.5 Å². The predicted molar refractivity (Wildman–Crippen MR) is 104 cm³/mol. The van der Waals surface area contributed by atoms with E-state index in [4.69, 9.17) is 4.74 Å². The Hall–Kier alpha value is -2.87. The van der Waals surface area contributed by atoms with E-state index in [1.807, 2.05) is 12.1 Å². The first kappa shape index (κ1) is 19.4. The summed E-state index contributed by atoms with van der Waals surface area (Å²) in [5, 5.41) is 5.26. The lowest BCUT2D eigenvalue weighted by Crippen LogP contribution is -2.25. The Morgan fingerprint density at radius 2 is 1.86 bits per heavy atom. The topological polar surface area (TPSA) is 51.2 Å². The van der Waals surface area contributed by atoms with Gasteiger partial charge in [-0.05, 0) is 42.7 Å². The summed E-state index contributed by atoms with van der Waals surface area (Å²) in [5.74, 6) is 0.369. The number of carbonyl (C=O) groups is 1. The molecule has 1 N–H and O–H groups in total. The van der Waals surface area contributed by atoms with Crippen molar-refractivity contribution >= 4 is 17.2 Å². The number of halogens is 3. The Balaban J connectivity index is 1.47. The van der Waals surface area contributed by atoms with Crippen molar-refractivity contribution in [3.63, 3.8) is 0 Å². The molecule has 0 aliphatic heterocycles. The number of aromatic nitrogens is 1. The normalized spacial score (nSPS) is 13.9. The first-order chi connectivity index (χ1) is 13.9. The van der Waals surface area contributed by atoms with E-state index < -0.39 is 11.7 Å². The van der Waals surface area contributed by atoms with Crippen molar-refractivity contribution in [2.24, 2.45) is 0 Å². The van der Waals surface area contributed by atoms with Gasteiger partial charge in [0.05, 0.1) is 11.1 Å². The molecule has 1 saturated carbocycles. The molecule has 29 heavy (non-hydrogen) atoms. The largest absolute Gasteiger partial charge is 0.488 e. The lowest BCUT2D eigenvalue weighted by atomic mass is 10.1. The third-order valence-corrected chi connectivity index (χ3v) is 5.32. The van der Waals surface area contributed by atoms with Crippen LogP contribution in [0.25, 0.3) is 10.6 Å². The maximum atomic E-state index is 12.7. The number of benzene rings is 2. The molecule has 1 fully saturated rings. The smallest absolute Gasteiger partial charge is 0.416 e. The van der Waals surface area contributed by atoms with E-state index in [0.29, 0.717) is 22.0 Å². The first-order valence-corrected chi connectivity index (χ1v) is 9.93. The summed E-state index contributed by atoms with van der Waals surface area (Å²) in [6.07, 6.45) is -2.35. The van der Waals surface area contributed by atoms with Crippen LogP contribution in [-0.2, 0) is 12.8 Å². The Kier molecular flexibility index (Phi) is 5.27. The molecule has 150 valence electrons. The quantitative estimate of drug-likeness (QED) is 0.591. The molecule has 0 radical (unpaired) electrons. The van der Waals surface area contributed by atoms with E-state index in [0.717, 1.165) is 30.5 Å². The average Bonchev–Trinajstić information content (AvgIpc) is 3.38. The average molecular weight is 418 g/mol. The fraction of sp³-hybridized carbons (Fsp3) is 0.238. The van der Waals surface area contributed by atoms with E-state index >= 15 is 0 Å². The van der Waals surface area contributed by atoms with Gasteiger partial charge in [0.15, 0.2) is 0 Å². The molecule has 1 aliphatic carbocycles. The van der Waals surface area contributed by atoms with E-state index in [9.17, 15) is 18.0 Å². The molecule has 4 nitrogen and oxygen atoms in total. The van der Waals surface area contributed by atoms with Gasteiger partial charge in [-0.3, -0.25) is 4.79 Å². The highest BCUT2D eigenvalue weighted by molar-refractivity contribution is 7.13. The number of nitrogens with zero attached hydrogens (tertiary/aromatic N) is 1. The number of ether oxygens (including phenoxy) is 1. The monoisotopic (exact) mass is 418 g/mol. The van der Waals surface area contributed by atoms with Crippen molar-refractivity contribution in [2.75, 3.05) is 0 Å².